The molecule has 3 aromatic carbocycles. The number of methoxy groups -OCH3 is 1. The Bertz CT molecular complexity index is 1280. The lowest BCUT2D eigenvalue weighted by Crippen LogP contribution is -2.14. The SMILES string of the molecule is COc1ccc(CNc2nc3ccc(-c4ccccc4C)cc3cc2C[C@@H](C)C(=O)O)cc1. The number of carbonyl (C=O) groups is 1. The van der Waals surface area contributed by atoms with E-state index in [0.717, 1.165) is 39.2 Å². The zero-order valence-corrected chi connectivity index (χ0v) is 19.1. The summed E-state index contributed by atoms with van der Waals surface area (Å²) in [6, 6.07) is 24.5. The number of nitrogens with one attached hydrogen (secondary N) is 1. The Labute approximate surface area is 194 Å². The molecule has 0 saturated carbocycles. The first-order valence-corrected chi connectivity index (χ1v) is 11.0. The van der Waals surface area contributed by atoms with Gasteiger partial charge in [-0.3, -0.25) is 4.79 Å². The number of hydrogen-bond donors (Lipinski definition) is 2. The van der Waals surface area contributed by atoms with Crippen LogP contribution in [0.15, 0.2) is 72.8 Å². The van der Waals surface area contributed by atoms with Crippen molar-refractivity contribution in [2.75, 3.05) is 12.4 Å². The largest absolute Gasteiger partial charge is 0.497 e. The topological polar surface area (TPSA) is 71.5 Å². The average molecular weight is 441 g/mol. The highest BCUT2D eigenvalue weighted by molar-refractivity contribution is 5.87. The lowest BCUT2D eigenvalue weighted by Gasteiger charge is -2.15. The van der Waals surface area contributed by atoms with Gasteiger partial charge in [0, 0.05) is 11.9 Å². The lowest BCUT2D eigenvalue weighted by molar-refractivity contribution is -0.141. The standard InChI is InChI=1S/C28H28N2O3/c1-18-6-4-5-7-25(18)21-10-13-26-22(15-21)16-23(14-19(2)28(31)32)27(30-26)29-17-20-8-11-24(33-3)12-9-20/h4-13,15-16,19H,14,17H2,1-3H3,(H,29,30)(H,31,32)/t19-/m1/s1. The van der Waals surface area contributed by atoms with Gasteiger partial charge >= 0.3 is 5.97 Å². The summed E-state index contributed by atoms with van der Waals surface area (Å²) < 4.78 is 5.23. The van der Waals surface area contributed by atoms with Crippen LogP contribution < -0.4 is 10.1 Å². The molecule has 5 heteroatoms. The third-order valence-corrected chi connectivity index (χ3v) is 5.92. The molecule has 5 nitrogen and oxygen atoms in total. The highest BCUT2D eigenvalue weighted by Crippen LogP contribution is 2.29. The summed E-state index contributed by atoms with van der Waals surface area (Å²) in [6.07, 6.45) is 0.401. The van der Waals surface area contributed by atoms with E-state index in [0.29, 0.717) is 13.0 Å². The van der Waals surface area contributed by atoms with Crippen LogP contribution in [0.2, 0.25) is 0 Å². The van der Waals surface area contributed by atoms with Gasteiger partial charge in [-0.15, -0.1) is 0 Å². The molecule has 2 N–H and O–H groups in total. The van der Waals surface area contributed by atoms with E-state index in [1.165, 1.54) is 11.1 Å². The van der Waals surface area contributed by atoms with E-state index >= 15 is 0 Å². The fourth-order valence-corrected chi connectivity index (χ4v) is 3.94. The lowest BCUT2D eigenvalue weighted by atomic mass is 9.96. The second-order valence-electron chi connectivity index (χ2n) is 8.36. The first kappa shape index (κ1) is 22.3. The molecule has 0 aliphatic heterocycles. The summed E-state index contributed by atoms with van der Waals surface area (Å²) in [4.78, 5) is 16.4. The van der Waals surface area contributed by atoms with Crippen molar-refractivity contribution in [3.63, 3.8) is 0 Å². The van der Waals surface area contributed by atoms with E-state index in [1.54, 1.807) is 14.0 Å². The van der Waals surface area contributed by atoms with E-state index < -0.39 is 11.9 Å². The summed E-state index contributed by atoms with van der Waals surface area (Å²) in [5.74, 6) is 0.202. The molecular weight excluding hydrogens is 412 g/mol. The molecule has 4 rings (SSSR count). The first-order chi connectivity index (χ1) is 15.9. The van der Waals surface area contributed by atoms with Crippen LogP contribution in [0, 0.1) is 12.8 Å². The second-order valence-corrected chi connectivity index (χ2v) is 8.36. The van der Waals surface area contributed by atoms with Crippen LogP contribution in [-0.2, 0) is 17.8 Å². The number of ether oxygens (including phenoxy) is 1. The number of carboxylic acids is 1. The zero-order valence-electron chi connectivity index (χ0n) is 19.1. The van der Waals surface area contributed by atoms with Gasteiger partial charge < -0.3 is 15.2 Å². The molecule has 1 aromatic heterocycles. The molecule has 0 unspecified atom stereocenters. The predicted octanol–water partition coefficient (Wildman–Crippen LogP) is 6.09. The summed E-state index contributed by atoms with van der Waals surface area (Å²) in [6.45, 7) is 4.41. The quantitative estimate of drug-likeness (QED) is 0.347. The molecule has 0 aliphatic carbocycles. The zero-order chi connectivity index (χ0) is 23.4. The molecule has 33 heavy (non-hydrogen) atoms. The van der Waals surface area contributed by atoms with Crippen LogP contribution in [0.3, 0.4) is 0 Å². The van der Waals surface area contributed by atoms with E-state index in [4.69, 9.17) is 9.72 Å². The van der Waals surface area contributed by atoms with Gasteiger partial charge in [-0.25, -0.2) is 4.98 Å². The molecule has 168 valence electrons. The van der Waals surface area contributed by atoms with Crippen LogP contribution in [0.4, 0.5) is 5.82 Å². The van der Waals surface area contributed by atoms with Crippen LogP contribution in [-0.4, -0.2) is 23.2 Å². The van der Waals surface area contributed by atoms with Gasteiger partial charge in [0.15, 0.2) is 0 Å². The molecular formula is C28H28N2O3. The molecule has 0 radical (unpaired) electrons. The van der Waals surface area contributed by atoms with Gasteiger partial charge in [-0.2, -0.15) is 0 Å². The van der Waals surface area contributed by atoms with Crippen molar-refractivity contribution in [2.45, 2.75) is 26.8 Å². The number of pyridine rings is 1. The van der Waals surface area contributed by atoms with Gasteiger partial charge in [0.1, 0.15) is 11.6 Å². The van der Waals surface area contributed by atoms with Crippen molar-refractivity contribution < 1.29 is 14.6 Å². The van der Waals surface area contributed by atoms with Crippen molar-refractivity contribution in [1.29, 1.82) is 0 Å². The van der Waals surface area contributed by atoms with Gasteiger partial charge in [0.25, 0.3) is 0 Å². The number of nitrogens with zero attached hydrogens (tertiary/aromatic N) is 1. The maximum atomic E-state index is 11.5. The van der Waals surface area contributed by atoms with Crippen molar-refractivity contribution in [3.05, 3.63) is 89.5 Å². The van der Waals surface area contributed by atoms with Crippen LogP contribution in [0.1, 0.15) is 23.6 Å². The van der Waals surface area contributed by atoms with Gasteiger partial charge in [-0.05, 0) is 71.5 Å². The minimum atomic E-state index is -0.815. The van der Waals surface area contributed by atoms with Crippen molar-refractivity contribution in [3.8, 4) is 16.9 Å². The Morgan fingerprint density at radius 2 is 1.82 bits per heavy atom. The summed E-state index contributed by atoms with van der Waals surface area (Å²) in [5, 5.41) is 13.9. The number of aromatic nitrogens is 1. The normalized spacial score (nSPS) is 11.8. The Kier molecular flexibility index (Phi) is 6.59. The Morgan fingerprint density at radius 1 is 1.06 bits per heavy atom. The molecule has 0 saturated heterocycles. The number of carboxylic acid groups (broad SMARTS) is 1. The smallest absolute Gasteiger partial charge is 0.306 e. The second kappa shape index (κ2) is 9.74. The maximum Gasteiger partial charge on any atom is 0.306 e. The maximum absolute atomic E-state index is 11.5. The minimum absolute atomic E-state index is 0.401. The number of benzene rings is 3. The monoisotopic (exact) mass is 440 g/mol. The molecule has 4 aromatic rings. The first-order valence-electron chi connectivity index (χ1n) is 11.0. The van der Waals surface area contributed by atoms with Crippen molar-refractivity contribution in [2.24, 2.45) is 5.92 Å². The fraction of sp³-hybridized carbons (Fsp3) is 0.214. The van der Waals surface area contributed by atoms with Gasteiger partial charge in [-0.1, -0.05) is 49.4 Å². The summed E-state index contributed by atoms with van der Waals surface area (Å²) >= 11 is 0. The Morgan fingerprint density at radius 3 is 2.52 bits per heavy atom. The number of hydrogen-bond acceptors (Lipinski definition) is 4. The molecule has 0 spiro atoms. The fourth-order valence-electron chi connectivity index (χ4n) is 3.94. The predicted molar refractivity (Wildman–Crippen MR) is 133 cm³/mol. The van der Waals surface area contributed by atoms with Crippen molar-refractivity contribution >= 4 is 22.7 Å². The minimum Gasteiger partial charge on any atom is -0.497 e. The van der Waals surface area contributed by atoms with E-state index in [2.05, 4.69) is 42.6 Å². The van der Waals surface area contributed by atoms with Crippen molar-refractivity contribution in [1.82, 2.24) is 4.98 Å². The van der Waals surface area contributed by atoms with E-state index in [-0.39, 0.29) is 0 Å². The molecule has 0 amide bonds. The molecule has 1 heterocycles. The summed E-state index contributed by atoms with van der Waals surface area (Å²) in [5.41, 5.74) is 6.37. The van der Waals surface area contributed by atoms with E-state index in [9.17, 15) is 9.90 Å². The van der Waals surface area contributed by atoms with Crippen LogP contribution in [0.25, 0.3) is 22.0 Å². The number of aryl methyl sites for hydroxylation is 1. The number of rotatable bonds is 8. The molecule has 0 fully saturated rings. The Balaban J connectivity index is 1.69. The third-order valence-electron chi connectivity index (χ3n) is 5.92. The molecule has 0 aliphatic rings. The summed E-state index contributed by atoms with van der Waals surface area (Å²) in [7, 11) is 1.65. The van der Waals surface area contributed by atoms with Crippen LogP contribution in [0.5, 0.6) is 5.75 Å². The molecule has 0 bridgehead atoms. The van der Waals surface area contributed by atoms with Gasteiger partial charge in [0.2, 0.25) is 0 Å². The highest BCUT2D eigenvalue weighted by atomic mass is 16.5. The third kappa shape index (κ3) is 5.14. The highest BCUT2D eigenvalue weighted by Gasteiger charge is 2.16. The van der Waals surface area contributed by atoms with E-state index in [1.807, 2.05) is 42.5 Å². The Hall–Kier alpha value is -3.86. The number of fused-ring (bicyclic) bond motifs is 1. The van der Waals surface area contributed by atoms with Gasteiger partial charge in [0.05, 0.1) is 18.5 Å². The average Bonchev–Trinajstić information content (AvgIpc) is 2.83. The number of aliphatic carboxylic acids is 1. The van der Waals surface area contributed by atoms with Crippen LogP contribution >= 0.6 is 0 Å². The number of anilines is 1. The molecule has 1 atom stereocenters.